The van der Waals surface area contributed by atoms with Crippen molar-refractivity contribution in [1.82, 2.24) is 4.72 Å². The first-order valence-corrected chi connectivity index (χ1v) is 6.58. The number of nitro groups is 1. The smallest absolute Gasteiger partial charge is 0.388 e. The van der Waals surface area contributed by atoms with Crippen LogP contribution in [0.3, 0.4) is 0 Å². The van der Waals surface area contributed by atoms with Crippen LogP contribution in [-0.2, 0) is 10.0 Å². The molecule has 1 rings (SSSR count). The second kappa shape index (κ2) is 5.63. The molecule has 7 nitrogen and oxygen atoms in total. The molecular weight excluding hydrogens is 303 g/mol. The molecule has 0 saturated carbocycles. The molecule has 0 bridgehead atoms. The van der Waals surface area contributed by atoms with Gasteiger partial charge < -0.3 is 5.32 Å². The van der Waals surface area contributed by atoms with Gasteiger partial charge >= 0.3 is 6.18 Å². The van der Waals surface area contributed by atoms with Crippen LogP contribution in [0.15, 0.2) is 23.1 Å². The molecule has 0 atom stereocenters. The van der Waals surface area contributed by atoms with E-state index < -0.39 is 38.3 Å². The second-order valence-corrected chi connectivity index (χ2v) is 5.36. The largest absolute Gasteiger partial charge is 0.402 e. The molecule has 2 N–H and O–H groups in total. The van der Waals surface area contributed by atoms with E-state index in [2.05, 4.69) is 5.32 Å². The Morgan fingerprint density at radius 3 is 2.40 bits per heavy atom. The van der Waals surface area contributed by atoms with E-state index >= 15 is 0 Å². The van der Waals surface area contributed by atoms with Gasteiger partial charge in [-0.15, -0.1) is 0 Å². The summed E-state index contributed by atoms with van der Waals surface area (Å²) in [4.78, 5) is 8.92. The van der Waals surface area contributed by atoms with Gasteiger partial charge in [0.25, 0.3) is 5.69 Å². The van der Waals surface area contributed by atoms with E-state index in [4.69, 9.17) is 0 Å². The van der Waals surface area contributed by atoms with E-state index in [-0.39, 0.29) is 5.69 Å². The zero-order chi connectivity index (χ0) is 15.6. The number of benzene rings is 1. The number of hydrogen-bond donors (Lipinski definition) is 2. The summed E-state index contributed by atoms with van der Waals surface area (Å²) in [7, 11) is -3.22. The van der Waals surface area contributed by atoms with Crippen LogP contribution in [0, 0.1) is 10.1 Å². The quantitative estimate of drug-likeness (QED) is 0.633. The molecule has 0 saturated heterocycles. The molecule has 0 unspecified atom stereocenters. The summed E-state index contributed by atoms with van der Waals surface area (Å²) in [5.41, 5.74) is -0.596. The SMILES string of the molecule is CNc1ccc([N+](=O)[O-])c(S(=O)(=O)NCC(F)(F)F)c1. The van der Waals surface area contributed by atoms with Crippen LogP contribution in [0.2, 0.25) is 0 Å². The highest BCUT2D eigenvalue weighted by atomic mass is 32.2. The minimum absolute atomic E-state index is 0.211. The van der Waals surface area contributed by atoms with Crippen molar-refractivity contribution in [2.24, 2.45) is 0 Å². The Balaban J connectivity index is 3.25. The molecule has 0 amide bonds. The summed E-state index contributed by atoms with van der Waals surface area (Å²) < 4.78 is 60.8. The number of rotatable bonds is 5. The Morgan fingerprint density at radius 2 is 1.95 bits per heavy atom. The van der Waals surface area contributed by atoms with Gasteiger partial charge in [0.15, 0.2) is 4.90 Å². The van der Waals surface area contributed by atoms with Crippen molar-refractivity contribution in [3.8, 4) is 0 Å². The first kappa shape index (κ1) is 16.2. The average molecular weight is 313 g/mol. The topological polar surface area (TPSA) is 101 Å². The van der Waals surface area contributed by atoms with E-state index in [1.165, 1.54) is 17.8 Å². The third-order valence-corrected chi connectivity index (χ3v) is 3.63. The number of anilines is 1. The summed E-state index contributed by atoms with van der Waals surface area (Å²) in [6.45, 7) is -1.81. The fourth-order valence-corrected chi connectivity index (χ4v) is 2.50. The van der Waals surface area contributed by atoms with Crippen molar-refractivity contribution in [3.05, 3.63) is 28.3 Å². The normalized spacial score (nSPS) is 12.2. The summed E-state index contributed by atoms with van der Waals surface area (Å²) in [6.07, 6.45) is -4.76. The maximum absolute atomic E-state index is 12.0. The molecule has 1 aromatic carbocycles. The van der Waals surface area contributed by atoms with Gasteiger partial charge in [-0.2, -0.15) is 13.2 Å². The second-order valence-electron chi connectivity index (χ2n) is 3.63. The highest BCUT2D eigenvalue weighted by molar-refractivity contribution is 7.89. The Hall–Kier alpha value is -1.88. The van der Waals surface area contributed by atoms with Crippen molar-refractivity contribution >= 4 is 21.4 Å². The molecule has 0 aliphatic carbocycles. The third-order valence-electron chi connectivity index (χ3n) is 2.20. The van der Waals surface area contributed by atoms with Gasteiger partial charge in [0.05, 0.1) is 4.92 Å². The van der Waals surface area contributed by atoms with Crippen LogP contribution in [-0.4, -0.2) is 33.1 Å². The van der Waals surface area contributed by atoms with Crippen LogP contribution < -0.4 is 10.0 Å². The van der Waals surface area contributed by atoms with Gasteiger partial charge in [0, 0.05) is 18.8 Å². The summed E-state index contributed by atoms with van der Waals surface area (Å²) in [5, 5.41) is 13.3. The zero-order valence-electron chi connectivity index (χ0n) is 10.1. The number of halogens is 3. The lowest BCUT2D eigenvalue weighted by Crippen LogP contribution is -2.34. The molecule has 11 heteroatoms. The molecule has 0 heterocycles. The van der Waals surface area contributed by atoms with Gasteiger partial charge in [-0.25, -0.2) is 13.1 Å². The Morgan fingerprint density at radius 1 is 1.35 bits per heavy atom. The summed E-state index contributed by atoms with van der Waals surface area (Å²) in [6, 6.07) is 3.02. The highest BCUT2D eigenvalue weighted by Gasteiger charge is 2.33. The first-order chi connectivity index (χ1) is 9.07. The molecule has 0 spiro atoms. The molecule has 1 aromatic rings. The predicted molar refractivity (Wildman–Crippen MR) is 63.9 cm³/mol. The summed E-state index contributed by atoms with van der Waals surface area (Å²) >= 11 is 0. The standard InChI is InChI=1S/C9H10F3N3O4S/c1-13-6-2-3-7(15(16)17)8(4-6)20(18,19)14-5-9(10,11)12/h2-4,13-14H,5H2,1H3. The number of sulfonamides is 1. The van der Waals surface area contributed by atoms with Crippen molar-refractivity contribution in [1.29, 1.82) is 0 Å². The van der Waals surface area contributed by atoms with Crippen LogP contribution in [0.25, 0.3) is 0 Å². The monoisotopic (exact) mass is 313 g/mol. The van der Waals surface area contributed by atoms with E-state index in [1.54, 1.807) is 0 Å². The molecule has 112 valence electrons. The number of nitrogens with zero attached hydrogens (tertiary/aromatic N) is 1. The van der Waals surface area contributed by atoms with E-state index in [1.807, 2.05) is 0 Å². The lowest BCUT2D eigenvalue weighted by atomic mass is 10.3. The van der Waals surface area contributed by atoms with Crippen LogP contribution in [0.1, 0.15) is 0 Å². The van der Waals surface area contributed by atoms with Crippen molar-refractivity contribution in [3.63, 3.8) is 0 Å². The van der Waals surface area contributed by atoms with Gasteiger partial charge in [-0.05, 0) is 12.1 Å². The molecule has 0 aliphatic rings. The van der Waals surface area contributed by atoms with Crippen molar-refractivity contribution in [2.45, 2.75) is 11.1 Å². The molecular formula is C9H10F3N3O4S. The minimum atomic E-state index is -4.76. The number of hydrogen-bond acceptors (Lipinski definition) is 5. The van der Waals surface area contributed by atoms with Gasteiger partial charge in [0.1, 0.15) is 6.54 Å². The van der Waals surface area contributed by atoms with Crippen molar-refractivity contribution < 1.29 is 26.5 Å². The lowest BCUT2D eigenvalue weighted by molar-refractivity contribution is -0.387. The molecule has 0 aromatic heterocycles. The van der Waals surface area contributed by atoms with Crippen molar-refractivity contribution in [2.75, 3.05) is 18.9 Å². The average Bonchev–Trinajstić information content (AvgIpc) is 2.35. The Labute approximate surface area is 112 Å². The number of nitro benzene ring substituents is 1. The van der Waals surface area contributed by atoms with Gasteiger partial charge in [-0.3, -0.25) is 10.1 Å². The van der Waals surface area contributed by atoms with Crippen LogP contribution in [0.5, 0.6) is 0 Å². The van der Waals surface area contributed by atoms with E-state index in [0.717, 1.165) is 12.1 Å². The van der Waals surface area contributed by atoms with Gasteiger partial charge in [0.2, 0.25) is 10.0 Å². The predicted octanol–water partition coefficient (Wildman–Crippen LogP) is 1.48. The van der Waals surface area contributed by atoms with E-state index in [0.29, 0.717) is 0 Å². The lowest BCUT2D eigenvalue weighted by Gasteiger charge is -2.10. The maximum Gasteiger partial charge on any atom is 0.402 e. The van der Waals surface area contributed by atoms with Gasteiger partial charge in [-0.1, -0.05) is 0 Å². The number of nitrogens with one attached hydrogen (secondary N) is 2. The third kappa shape index (κ3) is 4.06. The molecule has 20 heavy (non-hydrogen) atoms. The molecule has 0 aliphatic heterocycles. The fourth-order valence-electron chi connectivity index (χ4n) is 1.29. The molecule has 0 radical (unpaired) electrons. The first-order valence-electron chi connectivity index (χ1n) is 5.09. The molecule has 0 fully saturated rings. The Bertz CT molecular complexity index is 615. The Kier molecular flexibility index (Phi) is 4.55. The fraction of sp³-hybridized carbons (Fsp3) is 0.333. The maximum atomic E-state index is 12.0. The highest BCUT2D eigenvalue weighted by Crippen LogP contribution is 2.27. The van der Waals surface area contributed by atoms with E-state index in [9.17, 15) is 31.7 Å². The summed E-state index contributed by atoms with van der Waals surface area (Å²) in [5.74, 6) is 0. The zero-order valence-corrected chi connectivity index (χ0v) is 10.9. The van der Waals surface area contributed by atoms with Crippen LogP contribution >= 0.6 is 0 Å². The van der Waals surface area contributed by atoms with Crippen LogP contribution in [0.4, 0.5) is 24.5 Å². The number of alkyl halides is 3. The minimum Gasteiger partial charge on any atom is -0.388 e.